The summed E-state index contributed by atoms with van der Waals surface area (Å²) >= 11 is 3.52. The Bertz CT molecular complexity index is 1670. The normalized spacial score (nSPS) is 14.0. The maximum Gasteiger partial charge on any atom is 0.255 e. The zero-order chi connectivity index (χ0) is 27.6. The van der Waals surface area contributed by atoms with E-state index in [0.29, 0.717) is 43.1 Å². The SMILES string of the molecule is Cc1nn(-c2ccc(F)cc2)c2nc(Cc3ccccc3)nc(N3CCCN(C(=O)c4ccccc4Br)CC3)c12. The highest BCUT2D eigenvalue weighted by molar-refractivity contribution is 9.10. The molecule has 0 bridgehead atoms. The first-order chi connectivity index (χ1) is 19.5. The van der Waals surface area contributed by atoms with E-state index in [1.165, 1.54) is 12.1 Å². The molecule has 0 radical (unpaired) electrons. The van der Waals surface area contributed by atoms with E-state index in [2.05, 4.69) is 33.0 Å². The van der Waals surface area contributed by atoms with Crippen molar-refractivity contribution >= 4 is 38.7 Å². The fourth-order valence-electron chi connectivity index (χ4n) is 5.19. The number of benzene rings is 3. The molecule has 0 saturated carbocycles. The van der Waals surface area contributed by atoms with Gasteiger partial charge in [0.2, 0.25) is 0 Å². The van der Waals surface area contributed by atoms with Gasteiger partial charge in [-0.1, -0.05) is 42.5 Å². The van der Waals surface area contributed by atoms with Crippen LogP contribution >= 0.6 is 15.9 Å². The number of rotatable bonds is 5. The fraction of sp³-hybridized carbons (Fsp3) is 0.226. The number of nitrogens with zero attached hydrogens (tertiary/aromatic N) is 6. The second-order valence-electron chi connectivity index (χ2n) is 9.91. The zero-order valence-electron chi connectivity index (χ0n) is 22.1. The van der Waals surface area contributed by atoms with Gasteiger partial charge in [0.15, 0.2) is 5.65 Å². The van der Waals surface area contributed by atoms with Crippen LogP contribution in [0.5, 0.6) is 0 Å². The molecule has 0 aliphatic carbocycles. The van der Waals surface area contributed by atoms with E-state index < -0.39 is 0 Å². The lowest BCUT2D eigenvalue weighted by Crippen LogP contribution is -2.35. The van der Waals surface area contributed by atoms with Crippen molar-refractivity contribution in [1.29, 1.82) is 0 Å². The van der Waals surface area contributed by atoms with Crippen molar-refractivity contribution < 1.29 is 9.18 Å². The smallest absolute Gasteiger partial charge is 0.255 e. The molecule has 2 aromatic heterocycles. The summed E-state index contributed by atoms with van der Waals surface area (Å²) in [6, 6.07) is 23.9. The number of aromatic nitrogens is 4. The van der Waals surface area contributed by atoms with Crippen LogP contribution in [-0.2, 0) is 6.42 Å². The summed E-state index contributed by atoms with van der Waals surface area (Å²) in [5, 5.41) is 5.67. The van der Waals surface area contributed by atoms with Crippen molar-refractivity contribution in [2.75, 3.05) is 31.1 Å². The van der Waals surface area contributed by atoms with Gasteiger partial charge in [-0.05, 0) is 71.2 Å². The standard InChI is InChI=1S/C31H28BrFN6O/c1-21-28-29(37-16-7-17-38(19-18-37)31(40)25-10-5-6-11-26(25)32)34-27(20-22-8-3-2-4-9-22)35-30(28)39(36-21)24-14-12-23(33)13-15-24/h2-6,8-15H,7,16-20H2,1H3. The topological polar surface area (TPSA) is 67.2 Å². The number of carbonyl (C=O) groups is 1. The van der Waals surface area contributed by atoms with Crippen LogP contribution in [0.4, 0.5) is 10.2 Å². The predicted molar refractivity (Wildman–Crippen MR) is 157 cm³/mol. The lowest BCUT2D eigenvalue weighted by Gasteiger charge is -2.24. The highest BCUT2D eigenvalue weighted by Crippen LogP contribution is 2.30. The summed E-state index contributed by atoms with van der Waals surface area (Å²) in [5.41, 5.74) is 3.99. The maximum absolute atomic E-state index is 13.7. The summed E-state index contributed by atoms with van der Waals surface area (Å²) in [7, 11) is 0. The molecule has 1 aliphatic heterocycles. The Morgan fingerprint density at radius 1 is 0.900 bits per heavy atom. The van der Waals surface area contributed by atoms with Crippen molar-refractivity contribution in [3.05, 3.63) is 112 Å². The van der Waals surface area contributed by atoms with E-state index in [-0.39, 0.29) is 11.7 Å². The summed E-state index contributed by atoms with van der Waals surface area (Å²) in [6.07, 6.45) is 1.37. The Labute approximate surface area is 240 Å². The number of fused-ring (bicyclic) bond motifs is 1. The minimum atomic E-state index is -0.303. The molecule has 1 saturated heterocycles. The fourth-order valence-corrected chi connectivity index (χ4v) is 5.65. The molecule has 7 nitrogen and oxygen atoms in total. The van der Waals surface area contributed by atoms with Crippen molar-refractivity contribution in [3.63, 3.8) is 0 Å². The number of halogens is 2. The van der Waals surface area contributed by atoms with Crippen molar-refractivity contribution in [1.82, 2.24) is 24.6 Å². The van der Waals surface area contributed by atoms with E-state index in [1.54, 1.807) is 16.8 Å². The highest BCUT2D eigenvalue weighted by atomic mass is 79.9. The largest absolute Gasteiger partial charge is 0.354 e. The van der Waals surface area contributed by atoms with Crippen LogP contribution in [-0.4, -0.2) is 56.7 Å². The van der Waals surface area contributed by atoms with Gasteiger partial charge in [-0.3, -0.25) is 4.79 Å². The van der Waals surface area contributed by atoms with Gasteiger partial charge in [-0.2, -0.15) is 5.10 Å². The highest BCUT2D eigenvalue weighted by Gasteiger charge is 2.26. The molecule has 3 heterocycles. The first-order valence-electron chi connectivity index (χ1n) is 13.3. The molecular weight excluding hydrogens is 571 g/mol. The Hall–Kier alpha value is -4.11. The van der Waals surface area contributed by atoms with Crippen molar-refractivity contribution in [2.45, 2.75) is 19.8 Å². The average Bonchev–Trinajstić information content (AvgIpc) is 3.13. The molecule has 5 aromatic rings. The van der Waals surface area contributed by atoms with E-state index in [4.69, 9.17) is 15.1 Å². The molecular formula is C31H28BrFN6O. The van der Waals surface area contributed by atoms with Gasteiger partial charge in [0.05, 0.1) is 22.3 Å². The van der Waals surface area contributed by atoms with Gasteiger partial charge in [0.1, 0.15) is 17.5 Å². The number of carbonyl (C=O) groups excluding carboxylic acids is 1. The Morgan fingerprint density at radius 3 is 2.42 bits per heavy atom. The molecule has 0 unspecified atom stereocenters. The predicted octanol–water partition coefficient (Wildman–Crippen LogP) is 5.97. The Balaban J connectivity index is 1.39. The van der Waals surface area contributed by atoms with Crippen LogP contribution in [0, 0.1) is 12.7 Å². The first kappa shape index (κ1) is 26.1. The lowest BCUT2D eigenvalue weighted by molar-refractivity contribution is 0.0766. The third kappa shape index (κ3) is 5.21. The van der Waals surface area contributed by atoms with Gasteiger partial charge >= 0.3 is 0 Å². The molecule has 1 aliphatic rings. The van der Waals surface area contributed by atoms with Crippen molar-refractivity contribution in [2.24, 2.45) is 0 Å². The third-order valence-corrected chi connectivity index (χ3v) is 7.88. The van der Waals surface area contributed by atoms with Crippen LogP contribution < -0.4 is 4.90 Å². The second kappa shape index (κ2) is 11.2. The van der Waals surface area contributed by atoms with Crippen molar-refractivity contribution in [3.8, 4) is 5.69 Å². The summed E-state index contributed by atoms with van der Waals surface area (Å²) in [6.45, 7) is 4.57. The van der Waals surface area contributed by atoms with E-state index >= 15 is 0 Å². The molecule has 0 spiro atoms. The number of hydrogen-bond donors (Lipinski definition) is 0. The van der Waals surface area contributed by atoms with Gasteiger partial charge < -0.3 is 9.80 Å². The van der Waals surface area contributed by atoms with Gasteiger partial charge in [0.25, 0.3) is 5.91 Å². The molecule has 9 heteroatoms. The maximum atomic E-state index is 13.7. The summed E-state index contributed by atoms with van der Waals surface area (Å²) < 4.78 is 16.3. The first-order valence-corrected chi connectivity index (χ1v) is 14.1. The molecule has 0 N–H and O–H groups in total. The minimum absolute atomic E-state index is 0.0206. The molecule has 3 aromatic carbocycles. The minimum Gasteiger partial charge on any atom is -0.354 e. The monoisotopic (exact) mass is 598 g/mol. The quantitative estimate of drug-likeness (QED) is 0.249. The number of amides is 1. The number of anilines is 1. The van der Waals surface area contributed by atoms with Gasteiger partial charge in [-0.15, -0.1) is 0 Å². The number of aryl methyl sites for hydroxylation is 1. The third-order valence-electron chi connectivity index (χ3n) is 7.19. The average molecular weight is 600 g/mol. The van der Waals surface area contributed by atoms with Gasteiger partial charge in [0, 0.05) is 37.1 Å². The van der Waals surface area contributed by atoms with E-state index in [1.807, 2.05) is 54.3 Å². The van der Waals surface area contributed by atoms with Crippen LogP contribution in [0.1, 0.15) is 33.9 Å². The van der Waals surface area contributed by atoms with E-state index in [9.17, 15) is 9.18 Å². The summed E-state index contributed by atoms with van der Waals surface area (Å²) in [4.78, 5) is 27.5. The molecule has 1 fully saturated rings. The molecule has 0 atom stereocenters. The molecule has 202 valence electrons. The molecule has 1 amide bonds. The summed E-state index contributed by atoms with van der Waals surface area (Å²) in [5.74, 6) is 1.22. The van der Waals surface area contributed by atoms with Crippen LogP contribution in [0.15, 0.2) is 83.3 Å². The van der Waals surface area contributed by atoms with Gasteiger partial charge in [-0.25, -0.2) is 19.0 Å². The molecule has 6 rings (SSSR count). The Morgan fingerprint density at radius 2 is 1.65 bits per heavy atom. The van der Waals surface area contributed by atoms with Crippen LogP contribution in [0.3, 0.4) is 0 Å². The zero-order valence-corrected chi connectivity index (χ0v) is 23.7. The lowest BCUT2D eigenvalue weighted by atomic mass is 10.1. The van der Waals surface area contributed by atoms with Crippen LogP contribution in [0.25, 0.3) is 16.7 Å². The number of hydrogen-bond acceptors (Lipinski definition) is 5. The molecule has 40 heavy (non-hydrogen) atoms. The van der Waals surface area contributed by atoms with Crippen LogP contribution in [0.2, 0.25) is 0 Å². The Kier molecular flexibility index (Phi) is 7.30. The second-order valence-corrected chi connectivity index (χ2v) is 10.8. The van der Waals surface area contributed by atoms with E-state index in [0.717, 1.165) is 45.6 Å².